The molecule has 0 bridgehead atoms. The van der Waals surface area contributed by atoms with Gasteiger partial charge in [-0.25, -0.2) is 4.79 Å². The molecule has 1 saturated carbocycles. The average Bonchev–Trinajstić information content (AvgIpc) is 2.67. The minimum absolute atomic E-state index is 0.248. The summed E-state index contributed by atoms with van der Waals surface area (Å²) in [5.74, 6) is -2.55. The number of esters is 2. The van der Waals surface area contributed by atoms with Crippen molar-refractivity contribution in [2.75, 3.05) is 13.7 Å². The van der Waals surface area contributed by atoms with Crippen molar-refractivity contribution in [3.63, 3.8) is 0 Å². The largest absolute Gasteiger partial charge is 0.463 e. The van der Waals surface area contributed by atoms with Crippen molar-refractivity contribution < 1.29 is 24.0 Å². The van der Waals surface area contributed by atoms with Crippen LogP contribution < -0.4 is 0 Å². The highest BCUT2D eigenvalue weighted by Crippen LogP contribution is 2.26. The standard InChI is InChI=1S/C19H23NO6/c1-25-19(22)17(26-18(21)15-10-6-3-7-11-15)12-16(13-20(23)24)14-8-4-2-5-9-14/h2,4-5,8-9,12,15-16H,3,6-7,10-11,13H2,1H3/b17-12-/t16-/m0/s1. The zero-order chi connectivity index (χ0) is 18.9. The van der Waals surface area contributed by atoms with Gasteiger partial charge in [-0.15, -0.1) is 0 Å². The van der Waals surface area contributed by atoms with Crippen molar-refractivity contribution in [3.05, 3.63) is 57.8 Å². The van der Waals surface area contributed by atoms with E-state index in [0.717, 1.165) is 32.1 Å². The molecule has 0 N–H and O–H groups in total. The molecule has 0 amide bonds. The molecule has 2 rings (SSSR count). The molecular formula is C19H23NO6. The molecule has 140 valence electrons. The first kappa shape index (κ1) is 19.6. The third-order valence-corrected chi connectivity index (χ3v) is 4.46. The maximum Gasteiger partial charge on any atom is 0.373 e. The van der Waals surface area contributed by atoms with Crippen LogP contribution in [0.15, 0.2) is 42.2 Å². The first-order valence-electron chi connectivity index (χ1n) is 8.70. The van der Waals surface area contributed by atoms with Crippen molar-refractivity contribution in [3.8, 4) is 0 Å². The summed E-state index contributed by atoms with van der Waals surface area (Å²) < 4.78 is 9.99. The van der Waals surface area contributed by atoms with Crippen molar-refractivity contribution in [2.24, 2.45) is 5.92 Å². The number of hydrogen-bond acceptors (Lipinski definition) is 6. The first-order chi connectivity index (χ1) is 12.5. The molecule has 1 atom stereocenters. The Labute approximate surface area is 152 Å². The summed E-state index contributed by atoms with van der Waals surface area (Å²) in [7, 11) is 1.18. The summed E-state index contributed by atoms with van der Waals surface area (Å²) in [4.78, 5) is 35.0. The minimum atomic E-state index is -0.821. The van der Waals surface area contributed by atoms with E-state index in [-0.39, 0.29) is 11.7 Å². The molecule has 7 nitrogen and oxygen atoms in total. The lowest BCUT2D eigenvalue weighted by molar-refractivity contribution is -0.481. The fourth-order valence-electron chi connectivity index (χ4n) is 3.07. The topological polar surface area (TPSA) is 95.7 Å². The fraction of sp³-hybridized carbons (Fsp3) is 0.474. The second-order valence-corrected chi connectivity index (χ2v) is 6.31. The highest BCUT2D eigenvalue weighted by atomic mass is 16.6. The average molecular weight is 361 g/mol. The fourth-order valence-corrected chi connectivity index (χ4v) is 3.07. The van der Waals surface area contributed by atoms with E-state index < -0.39 is 29.3 Å². The van der Waals surface area contributed by atoms with E-state index >= 15 is 0 Å². The SMILES string of the molecule is COC(=O)/C(=C/[C@@H](C[N+](=O)[O-])c1ccccc1)OC(=O)C1CCCCC1. The van der Waals surface area contributed by atoms with Crippen LogP contribution in [-0.4, -0.2) is 30.5 Å². The number of nitrogens with zero attached hydrogens (tertiary/aromatic N) is 1. The quantitative estimate of drug-likeness (QED) is 0.243. The number of methoxy groups -OCH3 is 1. The predicted octanol–water partition coefficient (Wildman–Crippen LogP) is 3.23. The Morgan fingerprint density at radius 3 is 2.46 bits per heavy atom. The normalized spacial score (nSPS) is 16.6. The van der Waals surface area contributed by atoms with Gasteiger partial charge in [0.1, 0.15) is 0 Å². The molecular weight excluding hydrogens is 338 g/mol. The van der Waals surface area contributed by atoms with Crippen LogP contribution in [0.2, 0.25) is 0 Å². The second kappa shape index (κ2) is 9.70. The lowest BCUT2D eigenvalue weighted by Crippen LogP contribution is -2.23. The maximum absolute atomic E-state index is 12.4. The summed E-state index contributed by atoms with van der Waals surface area (Å²) in [6.45, 7) is -0.425. The molecule has 0 spiro atoms. The van der Waals surface area contributed by atoms with Gasteiger partial charge in [0.2, 0.25) is 12.3 Å². The van der Waals surface area contributed by atoms with E-state index in [2.05, 4.69) is 4.74 Å². The first-order valence-corrected chi connectivity index (χ1v) is 8.70. The van der Waals surface area contributed by atoms with Crippen LogP contribution in [-0.2, 0) is 19.1 Å². The van der Waals surface area contributed by atoms with E-state index in [0.29, 0.717) is 5.56 Å². The lowest BCUT2D eigenvalue weighted by Gasteiger charge is -2.20. The predicted molar refractivity (Wildman–Crippen MR) is 93.8 cm³/mol. The van der Waals surface area contributed by atoms with Crippen molar-refractivity contribution in [1.82, 2.24) is 0 Å². The van der Waals surface area contributed by atoms with E-state index in [9.17, 15) is 19.7 Å². The van der Waals surface area contributed by atoms with Crippen LogP contribution in [0.1, 0.15) is 43.6 Å². The van der Waals surface area contributed by atoms with Gasteiger partial charge in [0.25, 0.3) is 0 Å². The molecule has 7 heteroatoms. The van der Waals surface area contributed by atoms with Crippen LogP contribution in [0.5, 0.6) is 0 Å². The summed E-state index contributed by atoms with van der Waals surface area (Å²) >= 11 is 0. The van der Waals surface area contributed by atoms with Gasteiger partial charge in [-0.2, -0.15) is 0 Å². The number of benzene rings is 1. The van der Waals surface area contributed by atoms with Gasteiger partial charge in [-0.1, -0.05) is 49.6 Å². The third-order valence-electron chi connectivity index (χ3n) is 4.46. The summed E-state index contributed by atoms with van der Waals surface area (Å²) in [5.41, 5.74) is 0.652. The zero-order valence-electron chi connectivity index (χ0n) is 14.8. The van der Waals surface area contributed by atoms with Gasteiger partial charge in [0.05, 0.1) is 18.9 Å². The smallest absolute Gasteiger partial charge is 0.373 e. The Balaban J connectivity index is 2.25. The Bertz CT molecular complexity index is 664. The van der Waals surface area contributed by atoms with E-state index in [1.165, 1.54) is 13.2 Å². The molecule has 1 aromatic rings. The van der Waals surface area contributed by atoms with Crippen LogP contribution in [0.4, 0.5) is 0 Å². The van der Waals surface area contributed by atoms with E-state index in [4.69, 9.17) is 4.74 Å². The minimum Gasteiger partial charge on any atom is -0.463 e. The number of carbonyl (C=O) groups excluding carboxylic acids is 2. The Morgan fingerprint density at radius 1 is 1.23 bits per heavy atom. The monoisotopic (exact) mass is 361 g/mol. The number of nitro groups is 1. The van der Waals surface area contributed by atoms with Crippen LogP contribution >= 0.6 is 0 Å². The van der Waals surface area contributed by atoms with Gasteiger partial charge in [-0.3, -0.25) is 14.9 Å². The molecule has 1 fully saturated rings. The van der Waals surface area contributed by atoms with Crippen molar-refractivity contribution in [1.29, 1.82) is 0 Å². The molecule has 0 radical (unpaired) electrons. The van der Waals surface area contributed by atoms with Gasteiger partial charge in [0.15, 0.2) is 0 Å². The molecule has 1 aliphatic rings. The number of ether oxygens (including phenoxy) is 2. The van der Waals surface area contributed by atoms with Crippen LogP contribution in [0, 0.1) is 16.0 Å². The number of rotatable bonds is 7. The Hall–Kier alpha value is -2.70. The second-order valence-electron chi connectivity index (χ2n) is 6.31. The molecule has 0 unspecified atom stereocenters. The lowest BCUT2D eigenvalue weighted by atomic mass is 9.89. The van der Waals surface area contributed by atoms with E-state index in [1.54, 1.807) is 30.3 Å². The molecule has 0 saturated heterocycles. The number of carbonyl (C=O) groups is 2. The molecule has 1 aliphatic carbocycles. The van der Waals surface area contributed by atoms with Crippen molar-refractivity contribution in [2.45, 2.75) is 38.0 Å². The van der Waals surface area contributed by atoms with Gasteiger partial charge in [0, 0.05) is 4.92 Å². The Morgan fingerprint density at radius 2 is 1.88 bits per heavy atom. The molecule has 26 heavy (non-hydrogen) atoms. The summed E-state index contributed by atoms with van der Waals surface area (Å²) in [5, 5.41) is 11.0. The van der Waals surface area contributed by atoms with Crippen molar-refractivity contribution >= 4 is 11.9 Å². The molecule has 0 aromatic heterocycles. The highest BCUT2D eigenvalue weighted by molar-refractivity contribution is 5.90. The summed E-state index contributed by atoms with van der Waals surface area (Å²) in [6, 6.07) is 8.75. The van der Waals surface area contributed by atoms with Gasteiger partial charge in [-0.05, 0) is 24.5 Å². The zero-order valence-corrected chi connectivity index (χ0v) is 14.8. The molecule has 0 aliphatic heterocycles. The molecule has 0 heterocycles. The third kappa shape index (κ3) is 5.68. The molecule has 1 aromatic carbocycles. The number of hydrogen-bond donors (Lipinski definition) is 0. The summed E-state index contributed by atoms with van der Waals surface area (Å²) in [6.07, 6.45) is 5.75. The van der Waals surface area contributed by atoms with Gasteiger partial charge < -0.3 is 9.47 Å². The van der Waals surface area contributed by atoms with E-state index in [1.807, 2.05) is 0 Å². The van der Waals surface area contributed by atoms with Crippen LogP contribution in [0.3, 0.4) is 0 Å². The Kier molecular flexibility index (Phi) is 7.32. The van der Waals surface area contributed by atoms with Gasteiger partial charge >= 0.3 is 11.9 Å². The maximum atomic E-state index is 12.4. The van der Waals surface area contributed by atoms with Crippen LogP contribution in [0.25, 0.3) is 0 Å². The highest BCUT2D eigenvalue weighted by Gasteiger charge is 2.27.